The Balaban J connectivity index is 1.93. The van der Waals surface area contributed by atoms with Crippen LogP contribution in [0.2, 0.25) is 0 Å². The summed E-state index contributed by atoms with van der Waals surface area (Å²) in [5.74, 6) is -0.0580. The van der Waals surface area contributed by atoms with Crippen molar-refractivity contribution in [2.24, 2.45) is 5.41 Å². The summed E-state index contributed by atoms with van der Waals surface area (Å²) in [4.78, 5) is 13.8. The molecule has 0 radical (unpaired) electrons. The van der Waals surface area contributed by atoms with Crippen molar-refractivity contribution in [3.8, 4) is 0 Å². The van der Waals surface area contributed by atoms with Gasteiger partial charge < -0.3 is 9.64 Å². The Morgan fingerprint density at radius 1 is 1.35 bits per heavy atom. The number of ether oxygens (including phenoxy) is 1. The highest BCUT2D eigenvalue weighted by Gasteiger charge is 2.40. The third-order valence-electron chi connectivity index (χ3n) is 3.29. The fourth-order valence-electron chi connectivity index (χ4n) is 2.34. The van der Waals surface area contributed by atoms with Crippen molar-refractivity contribution in [2.45, 2.75) is 19.9 Å². The Morgan fingerprint density at radius 3 is 2.65 bits per heavy atom. The van der Waals surface area contributed by atoms with E-state index in [4.69, 9.17) is 4.74 Å². The molecule has 0 saturated carbocycles. The maximum Gasteiger partial charge on any atom is 0.313 e. The molecule has 3 nitrogen and oxygen atoms in total. The van der Waals surface area contributed by atoms with Crippen molar-refractivity contribution >= 4 is 5.97 Å². The summed E-state index contributed by atoms with van der Waals surface area (Å²) in [5, 5.41) is 0. The first kappa shape index (κ1) is 12.1. The molecule has 0 aliphatic carbocycles. The Morgan fingerprint density at radius 2 is 2.06 bits per heavy atom. The van der Waals surface area contributed by atoms with Gasteiger partial charge in [-0.25, -0.2) is 0 Å². The van der Waals surface area contributed by atoms with E-state index in [1.54, 1.807) is 0 Å². The highest BCUT2D eigenvalue weighted by Crippen LogP contribution is 2.30. The van der Waals surface area contributed by atoms with Crippen LogP contribution in [0.5, 0.6) is 0 Å². The predicted octanol–water partition coefficient (Wildman–Crippen LogP) is 2.07. The smallest absolute Gasteiger partial charge is 0.313 e. The van der Waals surface area contributed by atoms with Crippen molar-refractivity contribution in [1.82, 2.24) is 4.90 Å². The average molecular weight is 233 g/mol. The number of benzene rings is 1. The quantitative estimate of drug-likeness (QED) is 0.746. The Kier molecular flexibility index (Phi) is 3.48. The van der Waals surface area contributed by atoms with Gasteiger partial charge in [-0.2, -0.15) is 0 Å². The van der Waals surface area contributed by atoms with Crippen LogP contribution in [0.3, 0.4) is 0 Å². The molecule has 1 fully saturated rings. The number of carbonyl (C=O) groups excluding carboxylic acids is 1. The van der Waals surface area contributed by atoms with Crippen LogP contribution in [0.15, 0.2) is 30.3 Å². The average Bonchev–Trinajstić information content (AvgIpc) is 2.60. The lowest BCUT2D eigenvalue weighted by Crippen LogP contribution is -2.36. The number of carbonyl (C=O) groups is 1. The standard InChI is InChI=1S/C14H19NO2/c1-14(8-9-17-13(14)16)11-15(2)10-12-6-4-3-5-7-12/h3-7H,8-11H2,1-2H3. The second kappa shape index (κ2) is 4.88. The molecule has 0 aromatic heterocycles. The second-order valence-corrected chi connectivity index (χ2v) is 5.10. The summed E-state index contributed by atoms with van der Waals surface area (Å²) in [7, 11) is 2.05. The van der Waals surface area contributed by atoms with Gasteiger partial charge in [-0.05, 0) is 26.0 Å². The van der Waals surface area contributed by atoms with E-state index < -0.39 is 0 Å². The molecule has 1 atom stereocenters. The lowest BCUT2D eigenvalue weighted by atomic mass is 9.88. The van der Waals surface area contributed by atoms with Gasteiger partial charge in [0.1, 0.15) is 0 Å². The molecule has 0 amide bonds. The molecular formula is C14H19NO2. The first-order valence-corrected chi connectivity index (χ1v) is 6.00. The number of cyclic esters (lactones) is 1. The summed E-state index contributed by atoms with van der Waals surface area (Å²) < 4.78 is 5.05. The molecule has 0 N–H and O–H groups in total. The van der Waals surface area contributed by atoms with Gasteiger partial charge in [-0.1, -0.05) is 30.3 Å². The Hall–Kier alpha value is -1.35. The van der Waals surface area contributed by atoms with Gasteiger partial charge in [0.15, 0.2) is 0 Å². The zero-order chi connectivity index (χ0) is 12.3. The van der Waals surface area contributed by atoms with Crippen LogP contribution in [0.1, 0.15) is 18.9 Å². The molecular weight excluding hydrogens is 214 g/mol. The SMILES string of the molecule is CN(Cc1ccccc1)CC1(C)CCOC1=O. The minimum atomic E-state index is -0.330. The monoisotopic (exact) mass is 233 g/mol. The highest BCUT2D eigenvalue weighted by atomic mass is 16.5. The number of hydrogen-bond acceptors (Lipinski definition) is 3. The molecule has 1 saturated heterocycles. The van der Waals surface area contributed by atoms with E-state index in [2.05, 4.69) is 17.0 Å². The maximum absolute atomic E-state index is 11.6. The van der Waals surface area contributed by atoms with Crippen molar-refractivity contribution < 1.29 is 9.53 Å². The maximum atomic E-state index is 11.6. The third kappa shape index (κ3) is 2.86. The molecule has 0 spiro atoms. The van der Waals surface area contributed by atoms with Crippen LogP contribution < -0.4 is 0 Å². The van der Waals surface area contributed by atoms with Gasteiger partial charge >= 0.3 is 5.97 Å². The van der Waals surface area contributed by atoms with E-state index in [0.29, 0.717) is 6.61 Å². The van der Waals surface area contributed by atoms with Gasteiger partial charge in [-0.3, -0.25) is 4.79 Å². The molecule has 3 heteroatoms. The van der Waals surface area contributed by atoms with Gasteiger partial charge in [0.2, 0.25) is 0 Å². The molecule has 0 bridgehead atoms. The highest BCUT2D eigenvalue weighted by molar-refractivity contribution is 5.78. The molecule has 1 aromatic carbocycles. The summed E-state index contributed by atoms with van der Waals surface area (Å²) in [6.45, 7) is 4.17. The van der Waals surface area contributed by atoms with E-state index in [9.17, 15) is 4.79 Å². The molecule has 1 unspecified atom stereocenters. The zero-order valence-corrected chi connectivity index (χ0v) is 10.5. The van der Waals surface area contributed by atoms with Crippen LogP contribution >= 0.6 is 0 Å². The van der Waals surface area contributed by atoms with Crippen molar-refractivity contribution in [2.75, 3.05) is 20.2 Å². The number of rotatable bonds is 4. The second-order valence-electron chi connectivity index (χ2n) is 5.10. The summed E-state index contributed by atoms with van der Waals surface area (Å²) in [6.07, 6.45) is 0.824. The minimum absolute atomic E-state index is 0.0580. The van der Waals surface area contributed by atoms with Crippen LogP contribution in [-0.4, -0.2) is 31.1 Å². The van der Waals surface area contributed by atoms with Crippen molar-refractivity contribution in [3.05, 3.63) is 35.9 Å². The lowest BCUT2D eigenvalue weighted by Gasteiger charge is -2.26. The minimum Gasteiger partial charge on any atom is -0.465 e. The third-order valence-corrected chi connectivity index (χ3v) is 3.29. The van der Waals surface area contributed by atoms with Crippen LogP contribution in [0.4, 0.5) is 0 Å². The molecule has 92 valence electrons. The van der Waals surface area contributed by atoms with Gasteiger partial charge in [0, 0.05) is 13.1 Å². The Labute approximate surface area is 102 Å². The number of nitrogens with zero attached hydrogens (tertiary/aromatic N) is 1. The number of hydrogen-bond donors (Lipinski definition) is 0. The first-order chi connectivity index (χ1) is 8.10. The van der Waals surface area contributed by atoms with E-state index in [1.807, 2.05) is 32.2 Å². The number of esters is 1. The van der Waals surface area contributed by atoms with Crippen LogP contribution in [0, 0.1) is 5.41 Å². The molecule has 2 rings (SSSR count). The van der Waals surface area contributed by atoms with Gasteiger partial charge in [0.25, 0.3) is 0 Å². The summed E-state index contributed by atoms with van der Waals surface area (Å²) in [5.41, 5.74) is 0.939. The van der Waals surface area contributed by atoms with Crippen molar-refractivity contribution in [1.29, 1.82) is 0 Å². The molecule has 17 heavy (non-hydrogen) atoms. The van der Waals surface area contributed by atoms with E-state index >= 15 is 0 Å². The van der Waals surface area contributed by atoms with Crippen molar-refractivity contribution in [3.63, 3.8) is 0 Å². The largest absolute Gasteiger partial charge is 0.465 e. The summed E-state index contributed by atoms with van der Waals surface area (Å²) in [6, 6.07) is 10.3. The summed E-state index contributed by atoms with van der Waals surface area (Å²) >= 11 is 0. The fraction of sp³-hybridized carbons (Fsp3) is 0.500. The lowest BCUT2D eigenvalue weighted by molar-refractivity contribution is -0.146. The van der Waals surface area contributed by atoms with Gasteiger partial charge in [-0.15, -0.1) is 0 Å². The zero-order valence-electron chi connectivity index (χ0n) is 10.5. The van der Waals surface area contributed by atoms with E-state index in [-0.39, 0.29) is 11.4 Å². The normalized spacial score (nSPS) is 24.1. The molecule has 1 aliphatic rings. The van der Waals surface area contributed by atoms with Gasteiger partial charge in [0.05, 0.1) is 12.0 Å². The van der Waals surface area contributed by atoms with Crippen LogP contribution in [0.25, 0.3) is 0 Å². The van der Waals surface area contributed by atoms with E-state index in [1.165, 1.54) is 5.56 Å². The predicted molar refractivity (Wildman–Crippen MR) is 66.5 cm³/mol. The molecule has 1 heterocycles. The van der Waals surface area contributed by atoms with E-state index in [0.717, 1.165) is 19.5 Å². The molecule has 1 aliphatic heterocycles. The molecule has 1 aromatic rings. The Bertz CT molecular complexity index is 390. The fourth-order valence-corrected chi connectivity index (χ4v) is 2.34. The van der Waals surface area contributed by atoms with Crippen LogP contribution in [-0.2, 0) is 16.1 Å². The first-order valence-electron chi connectivity index (χ1n) is 6.00. The topological polar surface area (TPSA) is 29.5 Å².